The predicted octanol–water partition coefficient (Wildman–Crippen LogP) is 4.26. The Morgan fingerprint density at radius 3 is 2.42 bits per heavy atom. The lowest BCUT2D eigenvalue weighted by Crippen LogP contribution is -2.50. The first-order valence-corrected chi connectivity index (χ1v) is 9.57. The van der Waals surface area contributed by atoms with E-state index >= 15 is 0 Å². The maximum Gasteiger partial charge on any atom is 0.226 e. The first-order valence-electron chi connectivity index (χ1n) is 9.57. The van der Waals surface area contributed by atoms with Crippen LogP contribution in [0, 0.1) is 17.8 Å². The third-order valence-electron chi connectivity index (χ3n) is 6.78. The molecular formula is C22H25NO. The van der Waals surface area contributed by atoms with Gasteiger partial charge in [-0.25, -0.2) is 0 Å². The van der Waals surface area contributed by atoms with Crippen LogP contribution >= 0.6 is 0 Å². The van der Waals surface area contributed by atoms with Crippen molar-refractivity contribution in [3.63, 3.8) is 0 Å². The van der Waals surface area contributed by atoms with E-state index in [1.807, 2.05) is 0 Å². The van der Waals surface area contributed by atoms with Crippen LogP contribution in [0.1, 0.15) is 48.6 Å². The van der Waals surface area contributed by atoms with Gasteiger partial charge in [0.1, 0.15) is 0 Å². The van der Waals surface area contributed by atoms with E-state index in [2.05, 4.69) is 53.5 Å². The Labute approximate surface area is 144 Å². The molecule has 4 aliphatic carbocycles. The second kappa shape index (κ2) is 5.61. The van der Waals surface area contributed by atoms with Gasteiger partial charge in [-0.05, 0) is 54.6 Å². The molecule has 1 aromatic carbocycles. The van der Waals surface area contributed by atoms with Crippen LogP contribution in [0.2, 0.25) is 0 Å². The number of hydrogen-bond donors (Lipinski definition) is 0. The van der Waals surface area contributed by atoms with Gasteiger partial charge in [-0.3, -0.25) is 4.79 Å². The molecule has 1 saturated heterocycles. The average molecular weight is 319 g/mol. The van der Waals surface area contributed by atoms with Crippen LogP contribution in [-0.4, -0.2) is 23.9 Å². The van der Waals surface area contributed by atoms with Crippen LogP contribution in [-0.2, 0) is 4.79 Å². The Kier molecular flexibility index (Phi) is 3.39. The lowest BCUT2D eigenvalue weighted by molar-refractivity contribution is -0.139. The molecule has 1 amide bonds. The summed E-state index contributed by atoms with van der Waals surface area (Å²) in [5.41, 5.74) is 2.96. The molecule has 0 unspecified atom stereocenters. The highest BCUT2D eigenvalue weighted by molar-refractivity contribution is 5.81. The van der Waals surface area contributed by atoms with E-state index in [0.29, 0.717) is 29.6 Å². The standard InChI is InChI=1S/C22H25NO/c24-22(23-12-6-1-7-13-23)20-14-19-15-8-2-4-10-17(15)21(20)18-11-5-3-9-16(18)19/h2-5,8-11,15,17,19-21H,1,6-7,12-14H2/t15-,17-,19+,20-,21+/m0/s1. The summed E-state index contributed by atoms with van der Waals surface area (Å²) in [6, 6.07) is 8.90. The summed E-state index contributed by atoms with van der Waals surface area (Å²) in [7, 11) is 0. The largest absolute Gasteiger partial charge is 0.342 e. The molecule has 0 N–H and O–H groups in total. The third-order valence-corrected chi connectivity index (χ3v) is 6.78. The van der Waals surface area contributed by atoms with Gasteiger partial charge in [0.25, 0.3) is 0 Å². The number of allylic oxidation sites excluding steroid dienone is 4. The van der Waals surface area contributed by atoms with Gasteiger partial charge < -0.3 is 4.90 Å². The molecule has 24 heavy (non-hydrogen) atoms. The highest BCUT2D eigenvalue weighted by Crippen LogP contribution is 2.59. The minimum atomic E-state index is 0.181. The lowest BCUT2D eigenvalue weighted by atomic mass is 9.51. The van der Waals surface area contributed by atoms with Crippen molar-refractivity contribution in [2.24, 2.45) is 17.8 Å². The van der Waals surface area contributed by atoms with E-state index in [4.69, 9.17) is 0 Å². The maximum atomic E-state index is 13.3. The number of rotatable bonds is 1. The van der Waals surface area contributed by atoms with Crippen LogP contribution in [0.25, 0.3) is 0 Å². The quantitative estimate of drug-likeness (QED) is 0.757. The van der Waals surface area contributed by atoms with Crippen molar-refractivity contribution in [1.29, 1.82) is 0 Å². The number of piperidine rings is 1. The molecule has 6 rings (SSSR count). The van der Waals surface area contributed by atoms with Crippen LogP contribution in [0.5, 0.6) is 0 Å². The Morgan fingerprint density at radius 1 is 0.917 bits per heavy atom. The summed E-state index contributed by atoms with van der Waals surface area (Å²) in [4.78, 5) is 15.5. The lowest BCUT2D eigenvalue weighted by Gasteiger charge is -2.53. The molecule has 1 heterocycles. The smallest absolute Gasteiger partial charge is 0.226 e. The van der Waals surface area contributed by atoms with Gasteiger partial charge in [-0.1, -0.05) is 48.6 Å². The fraction of sp³-hybridized carbons (Fsp3) is 0.500. The summed E-state index contributed by atoms with van der Waals surface area (Å²) in [5, 5.41) is 0. The normalized spacial score (nSPS) is 36.3. The van der Waals surface area contributed by atoms with E-state index in [0.717, 1.165) is 19.5 Å². The number of nitrogens with zero attached hydrogens (tertiary/aromatic N) is 1. The molecule has 0 aromatic heterocycles. The SMILES string of the molecule is O=C([C@H]1C[C@H]2c3ccccc3[C@H]1[C@H]1C=CC=C[C@@H]12)N1CCCCC1. The number of amides is 1. The molecular weight excluding hydrogens is 294 g/mol. The summed E-state index contributed by atoms with van der Waals surface area (Å²) >= 11 is 0. The van der Waals surface area contributed by atoms with Crippen molar-refractivity contribution in [1.82, 2.24) is 4.90 Å². The Hall–Kier alpha value is -1.83. The van der Waals surface area contributed by atoms with E-state index < -0.39 is 0 Å². The Morgan fingerprint density at radius 2 is 1.62 bits per heavy atom. The van der Waals surface area contributed by atoms with Gasteiger partial charge in [-0.15, -0.1) is 0 Å². The minimum absolute atomic E-state index is 0.181. The highest BCUT2D eigenvalue weighted by Gasteiger charge is 2.52. The molecule has 2 nitrogen and oxygen atoms in total. The molecule has 0 radical (unpaired) electrons. The van der Waals surface area contributed by atoms with Gasteiger partial charge in [0, 0.05) is 24.9 Å². The second-order valence-corrected chi connectivity index (χ2v) is 7.91. The number of likely N-dealkylation sites (tertiary alicyclic amines) is 1. The van der Waals surface area contributed by atoms with Crippen molar-refractivity contribution in [3.05, 3.63) is 59.7 Å². The summed E-state index contributed by atoms with van der Waals surface area (Å²) in [6.45, 7) is 1.94. The number of carbonyl (C=O) groups is 1. The van der Waals surface area contributed by atoms with E-state index in [1.165, 1.54) is 30.4 Å². The zero-order chi connectivity index (χ0) is 16.1. The van der Waals surface area contributed by atoms with Gasteiger partial charge in [0.2, 0.25) is 5.91 Å². The molecule has 2 fully saturated rings. The molecule has 124 valence electrons. The number of carbonyl (C=O) groups excluding carboxylic acids is 1. The second-order valence-electron chi connectivity index (χ2n) is 7.91. The molecule has 0 spiro atoms. The van der Waals surface area contributed by atoms with Crippen LogP contribution < -0.4 is 0 Å². The van der Waals surface area contributed by atoms with Crippen molar-refractivity contribution < 1.29 is 4.79 Å². The first kappa shape index (κ1) is 14.5. The molecule has 1 aromatic rings. The van der Waals surface area contributed by atoms with Crippen molar-refractivity contribution in [2.45, 2.75) is 37.5 Å². The number of fused-ring (bicyclic) bond motifs is 1. The Bertz CT molecular complexity index is 712. The monoisotopic (exact) mass is 319 g/mol. The Balaban J connectivity index is 1.54. The highest BCUT2D eigenvalue weighted by atomic mass is 16.2. The summed E-state index contributed by atoms with van der Waals surface area (Å²) in [5.74, 6) is 2.58. The zero-order valence-electron chi connectivity index (χ0n) is 14.1. The van der Waals surface area contributed by atoms with Crippen LogP contribution in [0.15, 0.2) is 48.6 Å². The molecule has 2 heteroatoms. The topological polar surface area (TPSA) is 20.3 Å². The van der Waals surface area contributed by atoms with Gasteiger partial charge in [0.05, 0.1) is 0 Å². The average Bonchev–Trinajstić information content (AvgIpc) is 2.68. The summed E-state index contributed by atoms with van der Waals surface area (Å²) < 4.78 is 0. The van der Waals surface area contributed by atoms with Gasteiger partial charge >= 0.3 is 0 Å². The van der Waals surface area contributed by atoms with Crippen LogP contribution in [0.3, 0.4) is 0 Å². The van der Waals surface area contributed by atoms with Crippen LogP contribution in [0.4, 0.5) is 0 Å². The zero-order valence-corrected chi connectivity index (χ0v) is 14.1. The fourth-order valence-corrected chi connectivity index (χ4v) is 5.76. The van der Waals surface area contributed by atoms with Crippen molar-refractivity contribution in [3.8, 4) is 0 Å². The van der Waals surface area contributed by atoms with Crippen molar-refractivity contribution >= 4 is 5.91 Å². The van der Waals surface area contributed by atoms with E-state index in [9.17, 15) is 4.79 Å². The van der Waals surface area contributed by atoms with Gasteiger partial charge in [-0.2, -0.15) is 0 Å². The third kappa shape index (κ3) is 2.05. The minimum Gasteiger partial charge on any atom is -0.342 e. The number of hydrogen-bond acceptors (Lipinski definition) is 1. The molecule has 5 aliphatic rings. The van der Waals surface area contributed by atoms with Crippen molar-refractivity contribution in [2.75, 3.05) is 13.1 Å². The molecule has 1 aliphatic heterocycles. The van der Waals surface area contributed by atoms with E-state index in [1.54, 1.807) is 0 Å². The fourth-order valence-electron chi connectivity index (χ4n) is 5.76. The predicted molar refractivity (Wildman–Crippen MR) is 95.7 cm³/mol. The molecule has 5 atom stereocenters. The number of benzene rings is 1. The molecule has 1 saturated carbocycles. The van der Waals surface area contributed by atoms with E-state index in [-0.39, 0.29) is 5.92 Å². The van der Waals surface area contributed by atoms with Gasteiger partial charge in [0.15, 0.2) is 0 Å². The maximum absolute atomic E-state index is 13.3. The first-order chi connectivity index (χ1) is 11.8. The molecule has 2 bridgehead atoms. The summed E-state index contributed by atoms with van der Waals surface area (Å²) in [6.07, 6.45) is 13.8.